The molecule has 1 heterocycles. The van der Waals surface area contributed by atoms with Gasteiger partial charge in [0.05, 0.1) is 0 Å². The van der Waals surface area contributed by atoms with E-state index in [4.69, 9.17) is 5.73 Å². The van der Waals surface area contributed by atoms with E-state index in [1.54, 1.807) is 6.07 Å². The third-order valence-electron chi connectivity index (χ3n) is 2.48. The molecule has 0 fully saturated rings. The number of hydrogen-bond donors (Lipinski definition) is 1. The lowest BCUT2D eigenvalue weighted by molar-refractivity contribution is -0.137. The van der Waals surface area contributed by atoms with Crippen LogP contribution in [0.1, 0.15) is 21.5 Å². The van der Waals surface area contributed by atoms with Crippen molar-refractivity contribution in [2.24, 2.45) is 5.73 Å². The molecule has 0 radical (unpaired) electrons. The Morgan fingerprint density at radius 3 is 2.63 bits per heavy atom. The molecule has 0 saturated carbocycles. The van der Waals surface area contributed by atoms with E-state index < -0.39 is 23.0 Å². The van der Waals surface area contributed by atoms with Crippen molar-refractivity contribution < 1.29 is 17.6 Å². The highest BCUT2D eigenvalue weighted by Crippen LogP contribution is 2.34. The molecule has 2 aromatic rings. The highest BCUT2D eigenvalue weighted by molar-refractivity contribution is 7.11. The summed E-state index contributed by atoms with van der Waals surface area (Å²) in [5.74, 6) is -0.398. The summed E-state index contributed by atoms with van der Waals surface area (Å²) in [4.78, 5) is 3.64. The van der Waals surface area contributed by atoms with Crippen molar-refractivity contribution in [3.05, 3.63) is 51.7 Å². The Morgan fingerprint density at radius 1 is 1.32 bits per heavy atom. The first kappa shape index (κ1) is 14.0. The van der Waals surface area contributed by atoms with Gasteiger partial charge in [-0.05, 0) is 24.1 Å². The summed E-state index contributed by atoms with van der Waals surface area (Å²) in [6.45, 7) is 0. The third-order valence-corrected chi connectivity index (χ3v) is 3.65. The van der Waals surface area contributed by atoms with Crippen LogP contribution < -0.4 is 5.73 Å². The van der Waals surface area contributed by atoms with Crippen LogP contribution in [0.25, 0.3) is 0 Å². The number of aromatic nitrogens is 1. The Hall–Kier alpha value is -1.47. The maximum Gasteiger partial charge on any atom is 0.443 e. The number of nitrogens with two attached hydrogens (primary N) is 1. The van der Waals surface area contributed by atoms with Crippen molar-refractivity contribution >= 4 is 11.3 Å². The van der Waals surface area contributed by atoms with E-state index in [0.29, 0.717) is 21.8 Å². The molecule has 0 aliphatic heterocycles. The van der Waals surface area contributed by atoms with Crippen LogP contribution in [0.2, 0.25) is 0 Å². The average Bonchev–Trinajstić information content (AvgIpc) is 2.77. The fourth-order valence-corrected chi connectivity index (χ4v) is 2.39. The molecule has 0 saturated heterocycles. The molecule has 1 aromatic heterocycles. The van der Waals surface area contributed by atoms with Gasteiger partial charge >= 0.3 is 6.18 Å². The minimum absolute atomic E-state index is 0.261. The predicted octanol–water partition coefficient (Wildman–Crippen LogP) is 3.54. The van der Waals surface area contributed by atoms with Gasteiger partial charge in [-0.15, -0.1) is 11.3 Å². The van der Waals surface area contributed by atoms with Crippen molar-refractivity contribution in [1.29, 1.82) is 0 Å². The molecular weight excluding hydrogens is 280 g/mol. The topological polar surface area (TPSA) is 38.9 Å². The molecule has 2 rings (SSSR count). The van der Waals surface area contributed by atoms with Gasteiger partial charge in [0.1, 0.15) is 5.82 Å². The smallest absolute Gasteiger partial charge is 0.323 e. The molecule has 7 heteroatoms. The van der Waals surface area contributed by atoms with Gasteiger partial charge in [-0.2, -0.15) is 13.2 Å². The monoisotopic (exact) mass is 290 g/mol. The first-order valence-electron chi connectivity index (χ1n) is 5.39. The van der Waals surface area contributed by atoms with Gasteiger partial charge < -0.3 is 5.73 Å². The molecular formula is C12H10F4N2S. The van der Waals surface area contributed by atoms with Gasteiger partial charge in [0.15, 0.2) is 5.01 Å². The van der Waals surface area contributed by atoms with Crippen molar-refractivity contribution in [3.8, 4) is 0 Å². The SMILES string of the molecule is NC(Cc1cccc(F)c1)c1cnc(C(F)(F)F)s1. The molecule has 1 unspecified atom stereocenters. The van der Waals surface area contributed by atoms with Crippen LogP contribution in [0.3, 0.4) is 0 Å². The van der Waals surface area contributed by atoms with E-state index >= 15 is 0 Å². The van der Waals surface area contributed by atoms with Crippen LogP contribution in [0, 0.1) is 5.82 Å². The molecule has 2 N–H and O–H groups in total. The lowest BCUT2D eigenvalue weighted by Crippen LogP contribution is -2.11. The highest BCUT2D eigenvalue weighted by Gasteiger charge is 2.35. The fraction of sp³-hybridized carbons (Fsp3) is 0.250. The summed E-state index contributed by atoms with van der Waals surface area (Å²) in [5, 5.41) is -0.919. The molecule has 1 aromatic carbocycles. The van der Waals surface area contributed by atoms with Crippen LogP contribution in [-0.2, 0) is 12.6 Å². The Labute approximate surface area is 110 Å². The van der Waals surface area contributed by atoms with Crippen LogP contribution in [0.15, 0.2) is 30.5 Å². The van der Waals surface area contributed by atoms with Crippen molar-refractivity contribution in [1.82, 2.24) is 4.98 Å². The Bertz CT molecular complexity index is 565. The third kappa shape index (κ3) is 3.51. The molecule has 0 bridgehead atoms. The van der Waals surface area contributed by atoms with Crippen LogP contribution >= 0.6 is 11.3 Å². The Morgan fingerprint density at radius 2 is 2.05 bits per heavy atom. The Kier molecular flexibility index (Phi) is 3.86. The van der Waals surface area contributed by atoms with Crippen LogP contribution in [-0.4, -0.2) is 4.98 Å². The zero-order chi connectivity index (χ0) is 14.0. The molecule has 0 amide bonds. The number of halogens is 4. The number of rotatable bonds is 3. The molecule has 1 atom stereocenters. The van der Waals surface area contributed by atoms with Crippen LogP contribution in [0.4, 0.5) is 17.6 Å². The van der Waals surface area contributed by atoms with E-state index in [1.807, 2.05) is 0 Å². The normalized spacial score (nSPS) is 13.5. The second-order valence-corrected chi connectivity index (χ2v) is 5.07. The van der Waals surface area contributed by atoms with Crippen LogP contribution in [0.5, 0.6) is 0 Å². The summed E-state index contributed by atoms with van der Waals surface area (Å²) in [6.07, 6.45) is -3.07. The Balaban J connectivity index is 2.12. The second kappa shape index (κ2) is 5.26. The lowest BCUT2D eigenvalue weighted by atomic mass is 10.1. The maximum atomic E-state index is 13.0. The minimum atomic E-state index is -4.46. The van der Waals surface area contributed by atoms with Gasteiger partial charge in [0, 0.05) is 17.1 Å². The molecule has 0 aliphatic carbocycles. The fourth-order valence-electron chi connectivity index (χ4n) is 1.61. The zero-order valence-electron chi connectivity index (χ0n) is 9.62. The standard InChI is InChI=1S/C12H10F4N2S/c13-8-3-1-2-7(4-8)5-9(17)10-6-18-11(19-10)12(14,15)16/h1-4,6,9H,5,17H2. The average molecular weight is 290 g/mol. The van der Waals surface area contributed by atoms with E-state index in [0.717, 1.165) is 6.20 Å². The van der Waals surface area contributed by atoms with Crippen molar-refractivity contribution in [2.75, 3.05) is 0 Å². The number of hydrogen-bond acceptors (Lipinski definition) is 3. The van der Waals surface area contributed by atoms with E-state index in [1.165, 1.54) is 18.2 Å². The molecule has 102 valence electrons. The summed E-state index contributed by atoms with van der Waals surface area (Å²) >= 11 is 0.517. The van der Waals surface area contributed by atoms with E-state index in [-0.39, 0.29) is 6.42 Å². The van der Waals surface area contributed by atoms with Gasteiger partial charge in [-0.1, -0.05) is 12.1 Å². The zero-order valence-corrected chi connectivity index (χ0v) is 10.4. The lowest BCUT2D eigenvalue weighted by Gasteiger charge is -2.09. The van der Waals surface area contributed by atoms with E-state index in [9.17, 15) is 17.6 Å². The number of benzene rings is 1. The van der Waals surface area contributed by atoms with Gasteiger partial charge in [-0.3, -0.25) is 0 Å². The largest absolute Gasteiger partial charge is 0.443 e. The predicted molar refractivity (Wildman–Crippen MR) is 64.1 cm³/mol. The molecule has 0 spiro atoms. The number of alkyl halides is 3. The summed E-state index contributed by atoms with van der Waals surface area (Å²) in [7, 11) is 0. The minimum Gasteiger partial charge on any atom is -0.323 e. The van der Waals surface area contributed by atoms with Crippen molar-refractivity contribution in [3.63, 3.8) is 0 Å². The van der Waals surface area contributed by atoms with Gasteiger partial charge in [-0.25, -0.2) is 9.37 Å². The van der Waals surface area contributed by atoms with Gasteiger partial charge in [0.2, 0.25) is 0 Å². The summed E-state index contributed by atoms with van der Waals surface area (Å²) in [5.41, 5.74) is 6.45. The van der Waals surface area contributed by atoms with E-state index in [2.05, 4.69) is 4.98 Å². The number of thiazole rings is 1. The van der Waals surface area contributed by atoms with Gasteiger partial charge in [0.25, 0.3) is 0 Å². The quantitative estimate of drug-likeness (QED) is 0.878. The molecule has 19 heavy (non-hydrogen) atoms. The first-order valence-corrected chi connectivity index (χ1v) is 6.21. The maximum absolute atomic E-state index is 13.0. The molecule has 0 aliphatic rings. The summed E-state index contributed by atoms with van der Waals surface area (Å²) in [6, 6.07) is 5.19. The first-order chi connectivity index (χ1) is 8.86. The summed E-state index contributed by atoms with van der Waals surface area (Å²) < 4.78 is 50.2. The van der Waals surface area contributed by atoms with Crippen molar-refractivity contribution in [2.45, 2.75) is 18.6 Å². The second-order valence-electron chi connectivity index (χ2n) is 4.01. The number of nitrogens with zero attached hydrogens (tertiary/aromatic N) is 1. The molecule has 2 nitrogen and oxygen atoms in total. The highest BCUT2D eigenvalue weighted by atomic mass is 32.1.